The molecule has 1 aromatic carbocycles. The highest BCUT2D eigenvalue weighted by atomic mass is 32.1. The Balaban J connectivity index is 1.44. The van der Waals surface area contributed by atoms with E-state index in [1.807, 2.05) is 12.3 Å². The highest BCUT2D eigenvalue weighted by molar-refractivity contribution is 7.09. The number of nitrogens with one attached hydrogen (secondary N) is 3. The number of hydrogen-bond donors (Lipinski definition) is 3. The largest absolute Gasteiger partial charge is 0.361 e. The molecule has 3 aromatic rings. The fourth-order valence-corrected chi connectivity index (χ4v) is 3.78. The molecule has 0 unspecified atom stereocenters. The summed E-state index contributed by atoms with van der Waals surface area (Å²) in [5, 5.41) is 11.0. The number of rotatable bonds is 7. The van der Waals surface area contributed by atoms with E-state index in [-0.39, 0.29) is 5.82 Å². The Kier molecular flexibility index (Phi) is 6.45. The van der Waals surface area contributed by atoms with Gasteiger partial charge in [-0.3, -0.25) is 4.99 Å². The van der Waals surface area contributed by atoms with Crippen molar-refractivity contribution in [1.29, 1.82) is 0 Å². The van der Waals surface area contributed by atoms with E-state index < -0.39 is 0 Å². The molecule has 0 aliphatic heterocycles. The zero-order valence-corrected chi connectivity index (χ0v) is 16.8. The van der Waals surface area contributed by atoms with Gasteiger partial charge in [0.1, 0.15) is 5.82 Å². The molecule has 144 valence electrons. The molecule has 0 saturated heterocycles. The van der Waals surface area contributed by atoms with Crippen molar-refractivity contribution in [2.24, 2.45) is 4.99 Å². The van der Waals surface area contributed by atoms with Crippen LogP contribution in [-0.4, -0.2) is 36.1 Å². The maximum atomic E-state index is 13.3. The highest BCUT2D eigenvalue weighted by Gasteiger charge is 2.07. The SMILES string of the molecule is CN=C(NCCc1csc(C(C)C)n1)NCCc1c[nH]c2cc(F)ccc12. The Labute approximate surface area is 163 Å². The second-order valence-corrected chi connectivity index (χ2v) is 7.65. The third-order valence-corrected chi connectivity index (χ3v) is 5.57. The maximum Gasteiger partial charge on any atom is 0.190 e. The summed E-state index contributed by atoms with van der Waals surface area (Å²) >= 11 is 1.73. The van der Waals surface area contributed by atoms with Crippen LogP contribution >= 0.6 is 11.3 Å². The second kappa shape index (κ2) is 8.99. The minimum Gasteiger partial charge on any atom is -0.361 e. The molecule has 0 fully saturated rings. The molecule has 3 N–H and O–H groups in total. The fraction of sp³-hybridized carbons (Fsp3) is 0.400. The van der Waals surface area contributed by atoms with Crippen molar-refractivity contribution in [2.45, 2.75) is 32.6 Å². The molecular formula is C20H26FN5S. The van der Waals surface area contributed by atoms with E-state index in [0.29, 0.717) is 5.92 Å². The van der Waals surface area contributed by atoms with Crippen LogP contribution in [0.4, 0.5) is 4.39 Å². The van der Waals surface area contributed by atoms with E-state index in [1.54, 1.807) is 18.4 Å². The molecule has 0 spiro atoms. The molecule has 5 nitrogen and oxygen atoms in total. The minimum atomic E-state index is -0.223. The van der Waals surface area contributed by atoms with E-state index in [9.17, 15) is 4.39 Å². The number of aromatic nitrogens is 2. The van der Waals surface area contributed by atoms with E-state index in [2.05, 4.69) is 44.8 Å². The normalized spacial score (nSPS) is 12.1. The summed E-state index contributed by atoms with van der Waals surface area (Å²) in [7, 11) is 1.77. The molecule has 2 aromatic heterocycles. The summed E-state index contributed by atoms with van der Waals surface area (Å²) in [4.78, 5) is 12.0. The molecule has 0 aliphatic carbocycles. The standard InChI is InChI=1S/C20H26FN5S/c1-13(2)19-26-16(12-27-19)7-9-24-20(22-3)23-8-6-14-11-25-18-10-15(21)4-5-17(14)18/h4-5,10-13,25H,6-9H2,1-3H3,(H2,22,23,24). The summed E-state index contributed by atoms with van der Waals surface area (Å²) in [6.07, 6.45) is 3.64. The van der Waals surface area contributed by atoms with Gasteiger partial charge in [-0.05, 0) is 30.2 Å². The van der Waals surface area contributed by atoms with Gasteiger partial charge >= 0.3 is 0 Å². The van der Waals surface area contributed by atoms with Crippen molar-refractivity contribution < 1.29 is 4.39 Å². The summed E-state index contributed by atoms with van der Waals surface area (Å²) in [6, 6.07) is 4.84. The van der Waals surface area contributed by atoms with Gasteiger partial charge in [-0.2, -0.15) is 0 Å². The van der Waals surface area contributed by atoms with E-state index >= 15 is 0 Å². The predicted octanol–water partition coefficient (Wildman–Crippen LogP) is 3.84. The van der Waals surface area contributed by atoms with Crippen molar-refractivity contribution in [1.82, 2.24) is 20.6 Å². The lowest BCUT2D eigenvalue weighted by Gasteiger charge is -2.11. The Morgan fingerprint density at radius 3 is 2.74 bits per heavy atom. The number of thiazole rings is 1. The fourth-order valence-electron chi connectivity index (χ4n) is 2.91. The number of halogens is 1. The first-order valence-electron chi connectivity index (χ1n) is 9.21. The quantitative estimate of drug-likeness (QED) is 0.426. The molecule has 3 rings (SSSR count). The monoisotopic (exact) mass is 387 g/mol. The number of H-pyrrole nitrogens is 1. The summed E-state index contributed by atoms with van der Waals surface area (Å²) in [6.45, 7) is 5.86. The summed E-state index contributed by atoms with van der Waals surface area (Å²) < 4.78 is 13.3. The number of fused-ring (bicyclic) bond motifs is 1. The maximum absolute atomic E-state index is 13.3. The first kappa shape index (κ1) is 19.4. The third kappa shape index (κ3) is 5.07. The van der Waals surface area contributed by atoms with Crippen LogP contribution in [0.15, 0.2) is 34.8 Å². The van der Waals surface area contributed by atoms with Crippen LogP contribution in [0.5, 0.6) is 0 Å². The second-order valence-electron chi connectivity index (χ2n) is 6.76. The van der Waals surface area contributed by atoms with E-state index in [0.717, 1.165) is 54.1 Å². The molecule has 0 aliphatic rings. The Morgan fingerprint density at radius 1 is 1.26 bits per heavy atom. The number of guanidine groups is 1. The highest BCUT2D eigenvalue weighted by Crippen LogP contribution is 2.20. The van der Waals surface area contributed by atoms with Crippen LogP contribution in [0, 0.1) is 5.82 Å². The van der Waals surface area contributed by atoms with Crippen LogP contribution in [0.25, 0.3) is 10.9 Å². The Bertz CT molecular complexity index is 912. The van der Waals surface area contributed by atoms with Crippen molar-refractivity contribution in [3.8, 4) is 0 Å². The lowest BCUT2D eigenvalue weighted by Crippen LogP contribution is -2.39. The minimum absolute atomic E-state index is 0.223. The van der Waals surface area contributed by atoms with Crippen LogP contribution in [-0.2, 0) is 12.8 Å². The lowest BCUT2D eigenvalue weighted by atomic mass is 10.1. The van der Waals surface area contributed by atoms with Gasteiger partial charge in [-0.1, -0.05) is 13.8 Å². The predicted molar refractivity (Wildman–Crippen MR) is 111 cm³/mol. The van der Waals surface area contributed by atoms with Gasteiger partial charge < -0.3 is 15.6 Å². The molecular weight excluding hydrogens is 361 g/mol. The first-order valence-corrected chi connectivity index (χ1v) is 10.1. The summed E-state index contributed by atoms with van der Waals surface area (Å²) in [5.74, 6) is 1.03. The topological polar surface area (TPSA) is 65.1 Å². The van der Waals surface area contributed by atoms with E-state index in [1.165, 1.54) is 17.1 Å². The third-order valence-electron chi connectivity index (χ3n) is 4.38. The van der Waals surface area contributed by atoms with Gasteiger partial charge in [0.15, 0.2) is 5.96 Å². The van der Waals surface area contributed by atoms with Crippen molar-refractivity contribution in [2.75, 3.05) is 20.1 Å². The first-order chi connectivity index (χ1) is 13.1. The van der Waals surface area contributed by atoms with Gasteiger partial charge in [0, 0.05) is 55.0 Å². The zero-order chi connectivity index (χ0) is 19.2. The van der Waals surface area contributed by atoms with Crippen molar-refractivity contribution in [3.05, 3.63) is 51.9 Å². The average molecular weight is 388 g/mol. The number of nitrogens with zero attached hydrogens (tertiary/aromatic N) is 2. The number of benzene rings is 1. The molecule has 0 saturated carbocycles. The van der Waals surface area contributed by atoms with Gasteiger partial charge in [0.25, 0.3) is 0 Å². The van der Waals surface area contributed by atoms with Crippen molar-refractivity contribution >= 4 is 28.2 Å². The Morgan fingerprint density at radius 2 is 2.04 bits per heavy atom. The van der Waals surface area contributed by atoms with Crippen LogP contribution in [0.2, 0.25) is 0 Å². The number of aliphatic imine (C=N–C) groups is 1. The van der Waals surface area contributed by atoms with Gasteiger partial charge in [0.05, 0.1) is 10.7 Å². The molecule has 27 heavy (non-hydrogen) atoms. The number of aromatic amines is 1. The van der Waals surface area contributed by atoms with Crippen LogP contribution < -0.4 is 10.6 Å². The average Bonchev–Trinajstić information content (AvgIpc) is 3.27. The summed E-state index contributed by atoms with van der Waals surface area (Å²) in [5.41, 5.74) is 3.12. The molecule has 2 heterocycles. The van der Waals surface area contributed by atoms with Gasteiger partial charge in [-0.25, -0.2) is 9.37 Å². The van der Waals surface area contributed by atoms with Gasteiger partial charge in [0.2, 0.25) is 0 Å². The molecule has 0 amide bonds. The molecule has 7 heteroatoms. The smallest absolute Gasteiger partial charge is 0.190 e. The number of hydrogen-bond acceptors (Lipinski definition) is 3. The van der Waals surface area contributed by atoms with E-state index in [4.69, 9.17) is 0 Å². The molecule has 0 radical (unpaired) electrons. The molecule has 0 bridgehead atoms. The Hall–Kier alpha value is -2.41. The molecule has 0 atom stereocenters. The van der Waals surface area contributed by atoms with Crippen molar-refractivity contribution in [3.63, 3.8) is 0 Å². The van der Waals surface area contributed by atoms with Crippen LogP contribution in [0.1, 0.15) is 36.0 Å². The van der Waals surface area contributed by atoms with Crippen LogP contribution in [0.3, 0.4) is 0 Å². The van der Waals surface area contributed by atoms with Gasteiger partial charge in [-0.15, -0.1) is 11.3 Å². The zero-order valence-electron chi connectivity index (χ0n) is 16.0. The lowest BCUT2D eigenvalue weighted by molar-refractivity contribution is 0.629.